The summed E-state index contributed by atoms with van der Waals surface area (Å²) in [6.07, 6.45) is 0.870. The maximum atomic E-state index is 5.92. The zero-order chi connectivity index (χ0) is 13.9. The number of halogens is 1. The van der Waals surface area contributed by atoms with Gasteiger partial charge in [0.1, 0.15) is 0 Å². The molecule has 4 heteroatoms. The molecule has 2 aromatic rings. The summed E-state index contributed by atoms with van der Waals surface area (Å²) in [6, 6.07) is 13.9. The average Bonchev–Trinajstić information content (AvgIpc) is 2.93. The summed E-state index contributed by atoms with van der Waals surface area (Å²) >= 11 is 5.92. The van der Waals surface area contributed by atoms with Crippen molar-refractivity contribution in [1.29, 1.82) is 0 Å². The highest BCUT2D eigenvalue weighted by molar-refractivity contribution is 6.30. The molecule has 3 rings (SSSR count). The Kier molecular flexibility index (Phi) is 3.81. The highest BCUT2D eigenvalue weighted by Gasteiger charge is 2.16. The molecule has 0 amide bonds. The molecule has 0 bridgehead atoms. The fourth-order valence-electron chi connectivity index (χ4n) is 2.42. The topological polar surface area (TPSA) is 44.5 Å². The Morgan fingerprint density at radius 1 is 1.05 bits per heavy atom. The van der Waals surface area contributed by atoms with Crippen LogP contribution in [0.2, 0.25) is 5.02 Å². The number of hydrogen-bond acceptors (Lipinski definition) is 3. The lowest BCUT2D eigenvalue weighted by molar-refractivity contribution is 0.174. The van der Waals surface area contributed by atoms with Crippen LogP contribution in [0.3, 0.4) is 0 Å². The zero-order valence-electron chi connectivity index (χ0n) is 11.0. The lowest BCUT2D eigenvalue weighted by Gasteiger charge is -2.15. The van der Waals surface area contributed by atoms with Crippen LogP contribution in [0.4, 0.5) is 0 Å². The van der Waals surface area contributed by atoms with Crippen LogP contribution in [0.1, 0.15) is 17.0 Å². The lowest BCUT2D eigenvalue weighted by atomic mass is 9.92. The molecule has 1 atom stereocenters. The summed E-state index contributed by atoms with van der Waals surface area (Å²) in [7, 11) is 0. The Morgan fingerprint density at radius 2 is 1.80 bits per heavy atom. The van der Waals surface area contributed by atoms with Crippen molar-refractivity contribution in [2.45, 2.75) is 12.3 Å². The first-order valence-electron chi connectivity index (χ1n) is 6.60. The Morgan fingerprint density at radius 3 is 2.55 bits per heavy atom. The molecule has 0 radical (unpaired) electrons. The second kappa shape index (κ2) is 5.73. The number of hydrogen-bond donors (Lipinski definition) is 1. The Bertz CT molecular complexity index is 598. The number of benzene rings is 2. The number of ether oxygens (including phenoxy) is 2. The van der Waals surface area contributed by atoms with Gasteiger partial charge in [-0.25, -0.2) is 0 Å². The van der Waals surface area contributed by atoms with Crippen molar-refractivity contribution in [2.75, 3.05) is 13.3 Å². The van der Waals surface area contributed by atoms with E-state index >= 15 is 0 Å². The normalized spacial score (nSPS) is 14.3. The molecule has 1 heterocycles. The summed E-state index contributed by atoms with van der Waals surface area (Å²) in [6.45, 7) is 0.895. The van der Waals surface area contributed by atoms with Gasteiger partial charge < -0.3 is 15.2 Å². The van der Waals surface area contributed by atoms with Gasteiger partial charge in [-0.05, 0) is 48.4 Å². The molecule has 1 aliphatic rings. The van der Waals surface area contributed by atoms with Crippen LogP contribution in [0.15, 0.2) is 42.5 Å². The highest BCUT2D eigenvalue weighted by atomic mass is 35.5. The quantitative estimate of drug-likeness (QED) is 0.939. The maximum absolute atomic E-state index is 5.92. The van der Waals surface area contributed by atoms with Gasteiger partial charge in [-0.3, -0.25) is 0 Å². The van der Waals surface area contributed by atoms with E-state index in [1.807, 2.05) is 36.4 Å². The molecule has 1 unspecified atom stereocenters. The van der Waals surface area contributed by atoms with Gasteiger partial charge >= 0.3 is 0 Å². The molecule has 2 N–H and O–H groups in total. The third kappa shape index (κ3) is 2.74. The second-order valence-corrected chi connectivity index (χ2v) is 5.31. The molecule has 20 heavy (non-hydrogen) atoms. The molecule has 2 aromatic carbocycles. The minimum atomic E-state index is 0.271. The predicted octanol–water partition coefficient (Wildman–Crippen LogP) is 3.35. The largest absolute Gasteiger partial charge is 0.454 e. The van der Waals surface area contributed by atoms with E-state index in [1.54, 1.807) is 0 Å². The van der Waals surface area contributed by atoms with Crippen LogP contribution >= 0.6 is 11.6 Å². The molecule has 0 fully saturated rings. The Balaban J connectivity index is 1.79. The van der Waals surface area contributed by atoms with Gasteiger partial charge in [-0.1, -0.05) is 29.8 Å². The maximum Gasteiger partial charge on any atom is 0.231 e. The van der Waals surface area contributed by atoms with Gasteiger partial charge in [-0.15, -0.1) is 0 Å². The molecule has 1 aliphatic heterocycles. The third-order valence-electron chi connectivity index (χ3n) is 3.55. The molecular formula is C16H16ClNO2. The van der Waals surface area contributed by atoms with Crippen LogP contribution in [0.5, 0.6) is 11.5 Å². The van der Waals surface area contributed by atoms with Gasteiger partial charge in [0, 0.05) is 10.9 Å². The first kappa shape index (κ1) is 13.3. The van der Waals surface area contributed by atoms with E-state index in [0.717, 1.165) is 22.9 Å². The minimum Gasteiger partial charge on any atom is -0.454 e. The van der Waals surface area contributed by atoms with Gasteiger partial charge in [-0.2, -0.15) is 0 Å². The predicted molar refractivity (Wildman–Crippen MR) is 79.5 cm³/mol. The van der Waals surface area contributed by atoms with Gasteiger partial charge in [0.15, 0.2) is 11.5 Å². The fraction of sp³-hybridized carbons (Fsp3) is 0.250. The van der Waals surface area contributed by atoms with Crippen molar-refractivity contribution < 1.29 is 9.47 Å². The third-order valence-corrected chi connectivity index (χ3v) is 3.80. The average molecular weight is 290 g/mol. The summed E-state index contributed by atoms with van der Waals surface area (Å²) < 4.78 is 10.7. The molecule has 0 saturated heterocycles. The van der Waals surface area contributed by atoms with Crippen LogP contribution in [-0.2, 0) is 6.42 Å². The molecule has 3 nitrogen and oxygen atoms in total. The van der Waals surface area contributed by atoms with Gasteiger partial charge in [0.05, 0.1) is 0 Å². The smallest absolute Gasteiger partial charge is 0.231 e. The molecule has 0 spiro atoms. The fourth-order valence-corrected chi connectivity index (χ4v) is 2.55. The monoisotopic (exact) mass is 289 g/mol. The lowest BCUT2D eigenvalue weighted by Crippen LogP contribution is -2.15. The van der Waals surface area contributed by atoms with Crippen LogP contribution < -0.4 is 15.2 Å². The first-order valence-corrected chi connectivity index (χ1v) is 6.98. The van der Waals surface area contributed by atoms with E-state index in [-0.39, 0.29) is 5.92 Å². The van der Waals surface area contributed by atoms with Crippen LogP contribution in [-0.4, -0.2) is 13.3 Å². The van der Waals surface area contributed by atoms with E-state index in [4.69, 9.17) is 26.8 Å². The van der Waals surface area contributed by atoms with Crippen LogP contribution in [0.25, 0.3) is 0 Å². The van der Waals surface area contributed by atoms with Gasteiger partial charge in [0.2, 0.25) is 6.79 Å². The molecule has 104 valence electrons. The Hall–Kier alpha value is -1.71. The van der Waals surface area contributed by atoms with E-state index in [9.17, 15) is 0 Å². The van der Waals surface area contributed by atoms with Gasteiger partial charge in [0.25, 0.3) is 0 Å². The molecule has 0 aromatic heterocycles. The van der Waals surface area contributed by atoms with Crippen molar-refractivity contribution in [2.24, 2.45) is 5.73 Å². The van der Waals surface area contributed by atoms with E-state index in [1.165, 1.54) is 11.1 Å². The summed E-state index contributed by atoms with van der Waals surface area (Å²) in [5, 5.41) is 0.743. The van der Waals surface area contributed by atoms with E-state index in [0.29, 0.717) is 13.3 Å². The molecular weight excluding hydrogens is 274 g/mol. The van der Waals surface area contributed by atoms with E-state index in [2.05, 4.69) is 6.07 Å². The van der Waals surface area contributed by atoms with Crippen LogP contribution in [0, 0.1) is 0 Å². The molecule has 0 aliphatic carbocycles. The first-order chi connectivity index (χ1) is 9.76. The molecule has 0 saturated carbocycles. The Labute approximate surface area is 123 Å². The number of fused-ring (bicyclic) bond motifs is 1. The summed E-state index contributed by atoms with van der Waals surface area (Å²) in [5.41, 5.74) is 8.31. The number of rotatable bonds is 4. The standard InChI is InChI=1S/C16H16ClNO2/c17-14-4-2-12(3-5-14)13(9-18)7-11-1-6-15-16(8-11)20-10-19-15/h1-6,8,13H,7,9-10,18H2. The summed E-state index contributed by atoms with van der Waals surface area (Å²) in [4.78, 5) is 0. The van der Waals surface area contributed by atoms with Crippen molar-refractivity contribution in [3.63, 3.8) is 0 Å². The van der Waals surface area contributed by atoms with Crippen molar-refractivity contribution in [3.05, 3.63) is 58.6 Å². The highest BCUT2D eigenvalue weighted by Crippen LogP contribution is 2.34. The van der Waals surface area contributed by atoms with Crippen molar-refractivity contribution >= 4 is 11.6 Å². The SMILES string of the molecule is NCC(Cc1ccc2c(c1)OCO2)c1ccc(Cl)cc1. The summed E-state index contributed by atoms with van der Waals surface area (Å²) in [5.74, 6) is 1.89. The minimum absolute atomic E-state index is 0.271. The van der Waals surface area contributed by atoms with Crippen molar-refractivity contribution in [1.82, 2.24) is 0 Å². The van der Waals surface area contributed by atoms with E-state index < -0.39 is 0 Å². The zero-order valence-corrected chi connectivity index (χ0v) is 11.8. The number of nitrogens with two attached hydrogens (primary N) is 1. The second-order valence-electron chi connectivity index (χ2n) is 4.88. The van der Waals surface area contributed by atoms with Crippen molar-refractivity contribution in [3.8, 4) is 11.5 Å².